The molecule has 0 aliphatic carbocycles. The van der Waals surface area contributed by atoms with E-state index < -0.39 is 23.4 Å². The Morgan fingerprint density at radius 3 is 2.55 bits per heavy atom. The molecule has 7 nitrogen and oxygen atoms in total. The van der Waals surface area contributed by atoms with E-state index in [1.807, 2.05) is 0 Å². The number of carbonyl (C=O) groups is 2. The zero-order chi connectivity index (χ0) is 16.6. The molecule has 3 N–H and O–H groups in total. The second-order valence-corrected chi connectivity index (χ2v) is 12.2. The second-order valence-electron chi connectivity index (χ2n) is 4.44. The number of rotatable bonds is 10. The van der Waals surface area contributed by atoms with Crippen LogP contribution in [0, 0.1) is 5.92 Å². The van der Waals surface area contributed by atoms with Crippen LogP contribution in [0.3, 0.4) is 0 Å². The molecule has 0 saturated heterocycles. The molecule has 0 spiro atoms. The highest BCUT2D eigenvalue weighted by Gasteiger charge is 2.32. The predicted molar refractivity (Wildman–Crippen MR) is 86.2 cm³/mol. The average molecular weight is 365 g/mol. The van der Waals surface area contributed by atoms with Crippen molar-refractivity contribution in [3.63, 3.8) is 0 Å². The van der Waals surface area contributed by atoms with Crippen molar-refractivity contribution in [1.29, 1.82) is 0 Å². The lowest BCUT2D eigenvalue weighted by Gasteiger charge is -2.18. The van der Waals surface area contributed by atoms with Gasteiger partial charge in [0.2, 0.25) is 5.55 Å². The Morgan fingerprint density at radius 1 is 1.32 bits per heavy atom. The van der Waals surface area contributed by atoms with Crippen LogP contribution in [-0.2, 0) is 19.9 Å². The maximum atomic E-state index is 12.6. The van der Waals surface area contributed by atoms with Crippen molar-refractivity contribution >= 4 is 40.5 Å². The standard InChI is InChI=1S/C12H16NO6PS2/c14-11(15)5-4-9(12(16)17)7-20(18,22-19)21-8-10-3-1-2-6-13-10/h1-3,6,9,19H,4-5,7-8H2,(H,14,15)(H,16,17). The molecule has 2 atom stereocenters. The molecule has 122 valence electrons. The van der Waals surface area contributed by atoms with Gasteiger partial charge in [-0.05, 0) is 18.6 Å². The van der Waals surface area contributed by atoms with Gasteiger partial charge in [-0.25, -0.2) is 0 Å². The van der Waals surface area contributed by atoms with Gasteiger partial charge >= 0.3 is 11.9 Å². The highest BCUT2D eigenvalue weighted by Crippen LogP contribution is 2.69. The first-order valence-electron chi connectivity index (χ1n) is 6.27. The summed E-state index contributed by atoms with van der Waals surface area (Å²) >= 11 is 1.10. The molecule has 1 rings (SSSR count). The van der Waals surface area contributed by atoms with Crippen LogP contribution in [0.4, 0.5) is 0 Å². The third-order valence-corrected chi connectivity index (χ3v) is 9.47. The molecule has 22 heavy (non-hydrogen) atoms. The van der Waals surface area contributed by atoms with Crippen LogP contribution in [0.5, 0.6) is 0 Å². The highest BCUT2D eigenvalue weighted by molar-refractivity contribution is 8.89. The van der Waals surface area contributed by atoms with E-state index in [9.17, 15) is 18.7 Å². The molecule has 1 aromatic heterocycles. The molecule has 2 unspecified atom stereocenters. The number of aromatic nitrogens is 1. The smallest absolute Gasteiger partial charge is 0.307 e. The number of hydrogen-bond acceptors (Lipinski definition) is 7. The van der Waals surface area contributed by atoms with Gasteiger partial charge in [0.15, 0.2) is 0 Å². The van der Waals surface area contributed by atoms with E-state index in [0.29, 0.717) is 5.69 Å². The first-order valence-corrected chi connectivity index (χ1v) is 11.1. The lowest BCUT2D eigenvalue weighted by molar-refractivity contribution is -0.142. The summed E-state index contributed by atoms with van der Waals surface area (Å²) in [5.74, 6) is -3.12. The van der Waals surface area contributed by atoms with E-state index in [0.717, 1.165) is 11.4 Å². The Morgan fingerprint density at radius 2 is 2.05 bits per heavy atom. The van der Waals surface area contributed by atoms with E-state index in [1.165, 1.54) is 0 Å². The fourth-order valence-corrected chi connectivity index (χ4v) is 6.84. The SMILES string of the molecule is O=C(O)CCC(CP(=O)(SO)SCc1ccccn1)C(=O)O. The molecule has 0 aromatic carbocycles. The summed E-state index contributed by atoms with van der Waals surface area (Å²) in [5.41, 5.74) is -2.59. The van der Waals surface area contributed by atoms with Crippen molar-refractivity contribution in [3.05, 3.63) is 30.1 Å². The van der Waals surface area contributed by atoms with Crippen LogP contribution in [0.15, 0.2) is 24.4 Å². The van der Waals surface area contributed by atoms with Crippen LogP contribution in [0.1, 0.15) is 18.5 Å². The number of nitrogens with zero attached hydrogens (tertiary/aromatic N) is 1. The fraction of sp³-hybridized carbons (Fsp3) is 0.417. The van der Waals surface area contributed by atoms with E-state index >= 15 is 0 Å². The molecule has 0 radical (unpaired) electrons. The molecule has 0 aliphatic heterocycles. The Balaban J connectivity index is 2.67. The average Bonchev–Trinajstić information content (AvgIpc) is 2.50. The first-order chi connectivity index (χ1) is 10.4. The molecule has 10 heteroatoms. The number of carboxylic acids is 2. The highest BCUT2D eigenvalue weighted by atomic mass is 33.1. The van der Waals surface area contributed by atoms with Gasteiger partial charge in [-0.2, -0.15) is 0 Å². The number of hydrogen-bond donors (Lipinski definition) is 3. The fourth-order valence-electron chi connectivity index (χ4n) is 1.62. The van der Waals surface area contributed by atoms with Crippen LogP contribution in [-0.4, -0.2) is 37.9 Å². The monoisotopic (exact) mass is 365 g/mol. The summed E-state index contributed by atoms with van der Waals surface area (Å²) in [6.45, 7) is 0. The van der Waals surface area contributed by atoms with Crippen molar-refractivity contribution in [2.75, 3.05) is 6.16 Å². The van der Waals surface area contributed by atoms with Gasteiger partial charge in [-0.3, -0.25) is 19.1 Å². The van der Waals surface area contributed by atoms with Gasteiger partial charge in [0.05, 0.1) is 23.3 Å². The molecule has 0 bridgehead atoms. The minimum atomic E-state index is -3.26. The topological polar surface area (TPSA) is 125 Å². The van der Waals surface area contributed by atoms with Gasteiger partial charge in [-0.1, -0.05) is 17.4 Å². The van der Waals surface area contributed by atoms with E-state index in [4.69, 9.17) is 10.2 Å². The molecule has 1 aromatic rings. The molecular formula is C12H16NO6PS2. The quantitative estimate of drug-likeness (QED) is 0.423. The van der Waals surface area contributed by atoms with Crippen LogP contribution >= 0.6 is 28.6 Å². The van der Waals surface area contributed by atoms with Gasteiger partial charge < -0.3 is 14.8 Å². The predicted octanol–water partition coefficient (Wildman–Crippen LogP) is 3.28. The molecule has 0 saturated carbocycles. The zero-order valence-electron chi connectivity index (χ0n) is 11.5. The first kappa shape index (κ1) is 19.0. The lowest BCUT2D eigenvalue weighted by atomic mass is 10.1. The summed E-state index contributed by atoms with van der Waals surface area (Å²) in [7, 11) is 0. The second kappa shape index (κ2) is 9.19. The molecule has 1 heterocycles. The molecule has 0 aliphatic rings. The van der Waals surface area contributed by atoms with E-state index in [1.54, 1.807) is 24.4 Å². The minimum absolute atomic E-state index is 0.126. The number of aliphatic carboxylic acids is 2. The summed E-state index contributed by atoms with van der Waals surface area (Å²) in [4.78, 5) is 25.8. The Kier molecular flexibility index (Phi) is 7.95. The third kappa shape index (κ3) is 6.83. The van der Waals surface area contributed by atoms with Gasteiger partial charge in [0.1, 0.15) is 0 Å². The Labute approximate surface area is 135 Å². The van der Waals surface area contributed by atoms with Gasteiger partial charge in [0, 0.05) is 24.5 Å². The third-order valence-electron chi connectivity index (χ3n) is 2.76. The lowest BCUT2D eigenvalue weighted by Crippen LogP contribution is -2.18. The summed E-state index contributed by atoms with van der Waals surface area (Å²) in [5, 5.41) is 17.7. The van der Waals surface area contributed by atoms with Crippen molar-refractivity contribution in [2.24, 2.45) is 5.92 Å². The Hall–Kier alpha value is -1.02. The van der Waals surface area contributed by atoms with Crippen molar-refractivity contribution < 1.29 is 28.9 Å². The van der Waals surface area contributed by atoms with Crippen molar-refractivity contribution in [1.82, 2.24) is 4.98 Å². The van der Waals surface area contributed by atoms with E-state index in [2.05, 4.69) is 4.98 Å². The maximum absolute atomic E-state index is 12.6. The molecular weight excluding hydrogens is 349 g/mol. The minimum Gasteiger partial charge on any atom is -0.481 e. The van der Waals surface area contributed by atoms with Crippen molar-refractivity contribution in [3.8, 4) is 0 Å². The number of carboxylic acid groups (broad SMARTS) is 2. The largest absolute Gasteiger partial charge is 0.481 e. The van der Waals surface area contributed by atoms with E-state index in [-0.39, 0.29) is 36.4 Å². The van der Waals surface area contributed by atoms with Crippen LogP contribution in [0.2, 0.25) is 0 Å². The summed E-state index contributed by atoms with van der Waals surface area (Å²) in [6, 6.07) is 5.24. The maximum Gasteiger partial charge on any atom is 0.307 e. The van der Waals surface area contributed by atoms with Crippen LogP contribution < -0.4 is 0 Å². The molecule has 0 amide bonds. The normalized spacial score (nSPS) is 15.0. The van der Waals surface area contributed by atoms with Crippen LogP contribution in [0.25, 0.3) is 0 Å². The zero-order valence-corrected chi connectivity index (χ0v) is 14.0. The van der Waals surface area contributed by atoms with Gasteiger partial charge in [0.25, 0.3) is 0 Å². The van der Waals surface area contributed by atoms with Crippen molar-refractivity contribution in [2.45, 2.75) is 18.6 Å². The van der Waals surface area contributed by atoms with Gasteiger partial charge in [-0.15, -0.1) is 0 Å². The molecule has 0 fully saturated rings. The summed E-state index contributed by atoms with van der Waals surface area (Å²) < 4.78 is 21.8. The number of pyridine rings is 1. The Bertz CT molecular complexity index is 556. The summed E-state index contributed by atoms with van der Waals surface area (Å²) in [6.07, 6.45) is 0.867.